The number of nitrogens with zero attached hydrogens (tertiary/aromatic N) is 2. The van der Waals surface area contributed by atoms with Gasteiger partial charge in [0.15, 0.2) is 0 Å². The van der Waals surface area contributed by atoms with Crippen molar-refractivity contribution in [3.05, 3.63) is 24.3 Å². The Labute approximate surface area is 174 Å². The molecule has 3 rings (SSSR count). The van der Waals surface area contributed by atoms with Gasteiger partial charge in [0.1, 0.15) is 0 Å². The summed E-state index contributed by atoms with van der Waals surface area (Å²) < 4.78 is 32.9. The first-order chi connectivity index (χ1) is 13.8. The van der Waals surface area contributed by atoms with E-state index in [9.17, 15) is 13.2 Å². The Balaban J connectivity index is 1.61. The summed E-state index contributed by atoms with van der Waals surface area (Å²) in [6, 6.07) is 6.91. The number of likely N-dealkylation sites (tertiary alicyclic amines) is 1. The molecule has 7 nitrogen and oxygen atoms in total. The molecule has 2 saturated heterocycles. The number of hydrogen-bond donors (Lipinski definition) is 1. The SMILES string of the molecule is CCC1CCCCN1CC(=O)Nc1ccc(S(=O)(=O)N2CC(C)OC(C)C2)cc1. The van der Waals surface area contributed by atoms with Crippen molar-refractivity contribution in [1.29, 1.82) is 0 Å². The van der Waals surface area contributed by atoms with E-state index in [0.29, 0.717) is 31.4 Å². The number of rotatable bonds is 6. The zero-order valence-corrected chi connectivity index (χ0v) is 18.5. The van der Waals surface area contributed by atoms with Gasteiger partial charge in [-0.2, -0.15) is 4.31 Å². The zero-order chi connectivity index (χ0) is 21.0. The van der Waals surface area contributed by atoms with E-state index in [-0.39, 0.29) is 23.0 Å². The molecule has 162 valence electrons. The van der Waals surface area contributed by atoms with Gasteiger partial charge in [-0.1, -0.05) is 13.3 Å². The summed E-state index contributed by atoms with van der Waals surface area (Å²) in [7, 11) is -3.57. The molecule has 0 aromatic heterocycles. The number of sulfonamides is 1. The molecule has 0 bridgehead atoms. The number of morpholine rings is 1. The molecule has 2 fully saturated rings. The van der Waals surface area contributed by atoms with Crippen LogP contribution in [-0.2, 0) is 19.6 Å². The number of ether oxygens (including phenoxy) is 1. The minimum Gasteiger partial charge on any atom is -0.373 e. The Morgan fingerprint density at radius 3 is 2.41 bits per heavy atom. The molecule has 2 aliphatic rings. The Morgan fingerprint density at radius 2 is 1.79 bits per heavy atom. The fourth-order valence-corrected chi connectivity index (χ4v) is 5.89. The first-order valence-corrected chi connectivity index (χ1v) is 12.0. The molecule has 29 heavy (non-hydrogen) atoms. The fraction of sp³-hybridized carbons (Fsp3) is 0.667. The molecule has 2 aliphatic heterocycles. The molecule has 2 heterocycles. The topological polar surface area (TPSA) is 79.0 Å². The van der Waals surface area contributed by atoms with E-state index in [1.807, 2.05) is 13.8 Å². The first-order valence-electron chi connectivity index (χ1n) is 10.6. The number of carbonyl (C=O) groups excluding carboxylic acids is 1. The van der Waals surface area contributed by atoms with Crippen molar-refractivity contribution in [2.75, 3.05) is 31.5 Å². The normalized spacial score (nSPS) is 26.9. The molecular formula is C21H33N3O4S. The van der Waals surface area contributed by atoms with E-state index in [1.165, 1.54) is 10.7 Å². The summed E-state index contributed by atoms with van der Waals surface area (Å²) in [4.78, 5) is 14.9. The van der Waals surface area contributed by atoms with Gasteiger partial charge in [0, 0.05) is 24.8 Å². The van der Waals surface area contributed by atoms with Gasteiger partial charge in [-0.3, -0.25) is 9.69 Å². The third-order valence-corrected chi connectivity index (χ3v) is 7.57. The van der Waals surface area contributed by atoms with Gasteiger partial charge in [0.2, 0.25) is 15.9 Å². The highest BCUT2D eigenvalue weighted by Crippen LogP contribution is 2.23. The average molecular weight is 424 g/mol. The molecule has 8 heteroatoms. The van der Waals surface area contributed by atoms with E-state index in [0.717, 1.165) is 25.8 Å². The van der Waals surface area contributed by atoms with Gasteiger partial charge in [0.25, 0.3) is 0 Å². The van der Waals surface area contributed by atoms with Crippen LogP contribution in [0.1, 0.15) is 46.5 Å². The van der Waals surface area contributed by atoms with Crippen LogP contribution in [-0.4, -0.2) is 68.0 Å². The van der Waals surface area contributed by atoms with Crippen LogP contribution in [0, 0.1) is 0 Å². The summed E-state index contributed by atoms with van der Waals surface area (Å²) >= 11 is 0. The second-order valence-corrected chi connectivity index (χ2v) is 10.1. The third-order valence-electron chi connectivity index (χ3n) is 5.73. The Morgan fingerprint density at radius 1 is 1.14 bits per heavy atom. The van der Waals surface area contributed by atoms with Gasteiger partial charge >= 0.3 is 0 Å². The second-order valence-electron chi connectivity index (χ2n) is 8.18. The molecule has 0 spiro atoms. The lowest BCUT2D eigenvalue weighted by Crippen LogP contribution is -2.48. The van der Waals surface area contributed by atoms with Gasteiger partial charge in [-0.25, -0.2) is 8.42 Å². The molecule has 1 aromatic rings. The van der Waals surface area contributed by atoms with Crippen LogP contribution in [0.5, 0.6) is 0 Å². The molecule has 3 unspecified atom stereocenters. The quantitative estimate of drug-likeness (QED) is 0.761. The predicted octanol–water partition coefficient (Wildman–Crippen LogP) is 2.69. The Hall–Kier alpha value is -1.48. The highest BCUT2D eigenvalue weighted by molar-refractivity contribution is 7.89. The van der Waals surface area contributed by atoms with E-state index < -0.39 is 10.0 Å². The predicted molar refractivity (Wildman–Crippen MR) is 113 cm³/mol. The number of anilines is 1. The van der Waals surface area contributed by atoms with Crippen molar-refractivity contribution in [2.24, 2.45) is 0 Å². The van der Waals surface area contributed by atoms with Gasteiger partial charge < -0.3 is 10.1 Å². The van der Waals surface area contributed by atoms with E-state index in [1.54, 1.807) is 24.3 Å². The van der Waals surface area contributed by atoms with Gasteiger partial charge in [-0.15, -0.1) is 0 Å². The summed E-state index contributed by atoms with van der Waals surface area (Å²) in [5.74, 6) is -0.0585. The summed E-state index contributed by atoms with van der Waals surface area (Å²) in [5, 5.41) is 2.90. The Kier molecular flexibility index (Phi) is 7.32. The van der Waals surface area contributed by atoms with Crippen molar-refractivity contribution >= 4 is 21.6 Å². The molecule has 1 amide bonds. The molecule has 0 aliphatic carbocycles. The summed E-state index contributed by atoms with van der Waals surface area (Å²) in [6.45, 7) is 7.95. The first kappa shape index (κ1) is 22.2. The van der Waals surface area contributed by atoms with Crippen molar-refractivity contribution < 1.29 is 17.9 Å². The Bertz CT molecular complexity index is 787. The highest BCUT2D eigenvalue weighted by Gasteiger charge is 2.32. The number of hydrogen-bond acceptors (Lipinski definition) is 5. The van der Waals surface area contributed by atoms with Crippen molar-refractivity contribution in [2.45, 2.75) is 69.6 Å². The number of nitrogens with one attached hydrogen (secondary N) is 1. The maximum Gasteiger partial charge on any atom is 0.243 e. The van der Waals surface area contributed by atoms with Crippen molar-refractivity contribution in [3.63, 3.8) is 0 Å². The van der Waals surface area contributed by atoms with Gasteiger partial charge in [0.05, 0.1) is 23.6 Å². The molecule has 0 radical (unpaired) electrons. The lowest BCUT2D eigenvalue weighted by molar-refractivity contribution is -0.118. The molecular weight excluding hydrogens is 390 g/mol. The highest BCUT2D eigenvalue weighted by atomic mass is 32.2. The number of piperidine rings is 1. The van der Waals surface area contributed by atoms with E-state index in [4.69, 9.17) is 4.74 Å². The monoisotopic (exact) mass is 423 g/mol. The molecule has 3 atom stereocenters. The zero-order valence-electron chi connectivity index (χ0n) is 17.6. The van der Waals surface area contributed by atoms with Crippen molar-refractivity contribution in [3.8, 4) is 0 Å². The summed E-state index contributed by atoms with van der Waals surface area (Å²) in [6.07, 6.45) is 4.30. The lowest BCUT2D eigenvalue weighted by Gasteiger charge is -2.34. The number of amides is 1. The van der Waals surface area contributed by atoms with Crippen LogP contribution >= 0.6 is 0 Å². The molecule has 0 saturated carbocycles. The third kappa shape index (κ3) is 5.57. The molecule has 1 aromatic carbocycles. The van der Waals surface area contributed by atoms with Gasteiger partial charge in [-0.05, 0) is 63.9 Å². The molecule has 1 N–H and O–H groups in total. The smallest absolute Gasteiger partial charge is 0.243 e. The van der Waals surface area contributed by atoms with E-state index >= 15 is 0 Å². The summed E-state index contributed by atoms with van der Waals surface area (Å²) in [5.41, 5.74) is 0.614. The van der Waals surface area contributed by atoms with Crippen LogP contribution in [0.4, 0.5) is 5.69 Å². The standard InChI is InChI=1S/C21H33N3O4S/c1-4-19-7-5-6-12-23(19)15-21(25)22-18-8-10-20(11-9-18)29(26,27)24-13-16(2)28-17(3)14-24/h8-11,16-17,19H,4-7,12-15H2,1-3H3,(H,22,25). The number of benzene rings is 1. The van der Waals surface area contributed by atoms with Crippen LogP contribution in [0.3, 0.4) is 0 Å². The van der Waals surface area contributed by atoms with Crippen LogP contribution < -0.4 is 5.32 Å². The second kappa shape index (κ2) is 9.55. The lowest BCUT2D eigenvalue weighted by atomic mass is 10.0. The average Bonchev–Trinajstić information content (AvgIpc) is 2.68. The van der Waals surface area contributed by atoms with Crippen LogP contribution in [0.25, 0.3) is 0 Å². The van der Waals surface area contributed by atoms with Crippen LogP contribution in [0.2, 0.25) is 0 Å². The van der Waals surface area contributed by atoms with Crippen molar-refractivity contribution in [1.82, 2.24) is 9.21 Å². The maximum absolute atomic E-state index is 12.9. The number of carbonyl (C=O) groups is 1. The minimum absolute atomic E-state index is 0.0585. The van der Waals surface area contributed by atoms with Crippen LogP contribution in [0.15, 0.2) is 29.2 Å². The largest absolute Gasteiger partial charge is 0.373 e. The maximum atomic E-state index is 12.9. The fourth-order valence-electron chi connectivity index (χ4n) is 4.30. The minimum atomic E-state index is -3.57. The van der Waals surface area contributed by atoms with E-state index in [2.05, 4.69) is 17.1 Å².